The molecule has 1 fully saturated rings. The van der Waals surface area contributed by atoms with E-state index in [1.165, 1.54) is 16.4 Å². The van der Waals surface area contributed by atoms with Crippen molar-refractivity contribution < 1.29 is 13.5 Å². The van der Waals surface area contributed by atoms with Crippen molar-refractivity contribution in [2.45, 2.75) is 0 Å². The summed E-state index contributed by atoms with van der Waals surface area (Å²) in [6, 6.07) is 2.62. The van der Waals surface area contributed by atoms with Crippen molar-refractivity contribution in [3.8, 4) is 5.75 Å². The topological polar surface area (TPSA) is 81.7 Å². The molecule has 1 heterocycles. The summed E-state index contributed by atoms with van der Waals surface area (Å²) in [4.78, 5) is 0. The van der Waals surface area contributed by atoms with Crippen LogP contribution in [0.25, 0.3) is 0 Å². The molecule has 1 aliphatic heterocycles. The Morgan fingerprint density at radius 2 is 1.74 bits per heavy atom. The number of hydrogen-bond donors (Lipinski definition) is 3. The number of nitrogens with zero attached hydrogens (tertiary/aromatic N) is 1. The van der Waals surface area contributed by atoms with Gasteiger partial charge in [0.15, 0.2) is 5.75 Å². The molecule has 0 bridgehead atoms. The number of phenolic OH excluding ortho intramolecular Hbond substituents is 1. The van der Waals surface area contributed by atoms with Gasteiger partial charge in [-0.15, -0.1) is 0 Å². The van der Waals surface area contributed by atoms with Crippen LogP contribution in [0.3, 0.4) is 0 Å². The molecular weight excluding hydrogens is 313 g/mol. The first-order valence-corrected chi connectivity index (χ1v) is 7.76. The molecule has 0 atom stereocenters. The molecule has 1 aliphatic rings. The van der Waals surface area contributed by atoms with Crippen LogP contribution in [0.15, 0.2) is 12.1 Å². The van der Waals surface area contributed by atoms with E-state index in [0.29, 0.717) is 26.2 Å². The predicted molar refractivity (Wildman–Crippen MR) is 75.1 cm³/mol. The lowest BCUT2D eigenvalue weighted by Gasteiger charge is -2.26. The second-order valence-corrected chi connectivity index (χ2v) is 6.53. The summed E-state index contributed by atoms with van der Waals surface area (Å²) in [7, 11) is -3.64. The Morgan fingerprint density at radius 1 is 1.21 bits per heavy atom. The number of benzene rings is 1. The van der Waals surface area contributed by atoms with Crippen LogP contribution in [-0.2, 0) is 10.2 Å². The highest BCUT2D eigenvalue weighted by Gasteiger charge is 2.24. The summed E-state index contributed by atoms with van der Waals surface area (Å²) in [5.41, 5.74) is 0.214. The Labute approximate surface area is 121 Å². The number of hydrogen-bond acceptors (Lipinski definition) is 4. The standard InChI is InChI=1S/C10H13Cl2N3O3S/c11-8-5-7(6-9(12)10(8)16)14-19(17,18)15-3-1-13-2-4-15/h5-6,13-14,16H,1-4H2. The summed E-state index contributed by atoms with van der Waals surface area (Å²) in [6.45, 7) is 2.01. The van der Waals surface area contributed by atoms with Crippen LogP contribution >= 0.6 is 23.2 Å². The van der Waals surface area contributed by atoms with Crippen molar-refractivity contribution in [2.75, 3.05) is 30.9 Å². The molecule has 0 aliphatic carbocycles. The summed E-state index contributed by atoms with van der Waals surface area (Å²) in [5.74, 6) is -0.270. The minimum atomic E-state index is -3.64. The van der Waals surface area contributed by atoms with Crippen LogP contribution in [0.2, 0.25) is 10.0 Å². The number of nitrogens with one attached hydrogen (secondary N) is 2. The SMILES string of the molecule is O=S(=O)(Nc1cc(Cl)c(O)c(Cl)c1)N1CCNCC1. The van der Waals surface area contributed by atoms with Gasteiger partial charge in [-0.05, 0) is 12.1 Å². The van der Waals surface area contributed by atoms with Gasteiger partial charge >= 0.3 is 10.2 Å². The minimum Gasteiger partial charge on any atom is -0.505 e. The fraction of sp³-hybridized carbons (Fsp3) is 0.400. The molecule has 0 unspecified atom stereocenters. The Bertz CT molecular complexity index is 550. The van der Waals surface area contributed by atoms with Gasteiger partial charge in [0.25, 0.3) is 0 Å². The Morgan fingerprint density at radius 3 is 2.26 bits per heavy atom. The normalized spacial score (nSPS) is 17.4. The quantitative estimate of drug-likeness (QED) is 0.731. The lowest BCUT2D eigenvalue weighted by Crippen LogP contribution is -2.48. The molecule has 0 amide bonds. The van der Waals surface area contributed by atoms with Gasteiger partial charge < -0.3 is 10.4 Å². The van der Waals surface area contributed by atoms with Gasteiger partial charge in [-0.1, -0.05) is 23.2 Å². The second-order valence-electron chi connectivity index (χ2n) is 4.04. The Kier molecular flexibility index (Phi) is 4.42. The highest BCUT2D eigenvalue weighted by molar-refractivity contribution is 7.90. The van der Waals surface area contributed by atoms with Crippen LogP contribution in [-0.4, -0.2) is 44.0 Å². The largest absolute Gasteiger partial charge is 0.505 e. The van der Waals surface area contributed by atoms with E-state index in [9.17, 15) is 13.5 Å². The van der Waals surface area contributed by atoms with E-state index >= 15 is 0 Å². The number of rotatable bonds is 3. The van der Waals surface area contributed by atoms with Crippen molar-refractivity contribution in [1.82, 2.24) is 9.62 Å². The first kappa shape index (κ1) is 14.7. The molecule has 3 N–H and O–H groups in total. The van der Waals surface area contributed by atoms with Crippen LogP contribution in [0.1, 0.15) is 0 Å². The van der Waals surface area contributed by atoms with Gasteiger partial charge in [0, 0.05) is 26.2 Å². The van der Waals surface area contributed by atoms with Gasteiger partial charge in [0.1, 0.15) is 0 Å². The molecule has 1 aromatic carbocycles. The molecule has 9 heteroatoms. The minimum absolute atomic E-state index is 0.00879. The average molecular weight is 326 g/mol. The number of aromatic hydroxyl groups is 1. The first-order valence-electron chi connectivity index (χ1n) is 5.57. The Balaban J connectivity index is 2.20. The molecule has 106 valence electrons. The van der Waals surface area contributed by atoms with Crippen molar-refractivity contribution in [2.24, 2.45) is 0 Å². The second kappa shape index (κ2) is 5.72. The zero-order chi connectivity index (χ0) is 14.0. The van der Waals surface area contributed by atoms with Gasteiger partial charge in [0.2, 0.25) is 0 Å². The molecule has 0 radical (unpaired) electrons. The summed E-state index contributed by atoms with van der Waals surface area (Å²) >= 11 is 11.5. The van der Waals surface area contributed by atoms with Gasteiger partial charge in [-0.3, -0.25) is 4.72 Å². The van der Waals surface area contributed by atoms with Gasteiger partial charge in [-0.25, -0.2) is 0 Å². The summed E-state index contributed by atoms with van der Waals surface area (Å²) < 4.78 is 27.9. The molecule has 0 saturated carbocycles. The number of phenols is 1. The van der Waals surface area contributed by atoms with Crippen LogP contribution in [0, 0.1) is 0 Å². The third-order valence-electron chi connectivity index (χ3n) is 2.68. The highest BCUT2D eigenvalue weighted by atomic mass is 35.5. The monoisotopic (exact) mass is 325 g/mol. The zero-order valence-corrected chi connectivity index (χ0v) is 12.2. The molecule has 19 heavy (non-hydrogen) atoms. The van der Waals surface area contributed by atoms with Crippen LogP contribution < -0.4 is 10.0 Å². The lowest BCUT2D eigenvalue weighted by atomic mass is 10.3. The maximum Gasteiger partial charge on any atom is 0.301 e. The van der Waals surface area contributed by atoms with Crippen molar-refractivity contribution >= 4 is 39.1 Å². The molecule has 0 spiro atoms. The van der Waals surface area contributed by atoms with E-state index in [1.807, 2.05) is 0 Å². The molecular formula is C10H13Cl2N3O3S. The molecule has 6 nitrogen and oxygen atoms in total. The van der Waals surface area contributed by atoms with Crippen LogP contribution in [0.4, 0.5) is 5.69 Å². The predicted octanol–water partition coefficient (Wildman–Crippen LogP) is 1.26. The fourth-order valence-electron chi connectivity index (χ4n) is 1.72. The molecule has 0 aromatic heterocycles. The summed E-state index contributed by atoms with van der Waals surface area (Å²) in [6.07, 6.45) is 0. The number of piperazine rings is 1. The number of halogens is 2. The molecule has 1 aromatic rings. The molecule has 1 saturated heterocycles. The smallest absolute Gasteiger partial charge is 0.301 e. The van der Waals surface area contributed by atoms with E-state index in [4.69, 9.17) is 23.2 Å². The fourth-order valence-corrected chi connectivity index (χ4v) is 3.42. The number of anilines is 1. The third kappa shape index (κ3) is 3.43. The first-order chi connectivity index (χ1) is 8.90. The maximum atomic E-state index is 12.1. The maximum absolute atomic E-state index is 12.1. The van der Waals surface area contributed by atoms with Gasteiger partial charge in [0.05, 0.1) is 15.7 Å². The summed E-state index contributed by atoms with van der Waals surface area (Å²) in [5, 5.41) is 12.5. The van der Waals surface area contributed by atoms with E-state index in [2.05, 4.69) is 10.0 Å². The van der Waals surface area contributed by atoms with E-state index in [0.717, 1.165) is 0 Å². The van der Waals surface area contributed by atoms with Gasteiger partial charge in [-0.2, -0.15) is 12.7 Å². The van der Waals surface area contributed by atoms with Crippen LogP contribution in [0.5, 0.6) is 5.75 Å². The zero-order valence-electron chi connectivity index (χ0n) is 9.86. The lowest BCUT2D eigenvalue weighted by molar-refractivity contribution is 0.362. The Hall–Kier alpha value is -0.730. The molecule has 2 rings (SSSR count). The highest BCUT2D eigenvalue weighted by Crippen LogP contribution is 2.35. The van der Waals surface area contributed by atoms with E-state index < -0.39 is 10.2 Å². The van der Waals surface area contributed by atoms with E-state index in [1.54, 1.807) is 0 Å². The van der Waals surface area contributed by atoms with Crippen molar-refractivity contribution in [3.63, 3.8) is 0 Å². The van der Waals surface area contributed by atoms with E-state index in [-0.39, 0.29) is 21.5 Å². The third-order valence-corrected chi connectivity index (χ3v) is 4.79. The van der Waals surface area contributed by atoms with Crippen molar-refractivity contribution in [1.29, 1.82) is 0 Å². The van der Waals surface area contributed by atoms with Crippen molar-refractivity contribution in [3.05, 3.63) is 22.2 Å². The average Bonchev–Trinajstić information content (AvgIpc) is 2.36.